The Kier molecular flexibility index (Phi) is 7.71. The molecule has 0 spiro atoms. The van der Waals surface area contributed by atoms with Crippen molar-refractivity contribution >= 4 is 11.6 Å². The fraction of sp³-hybridized carbons (Fsp3) is 0.462. The van der Waals surface area contributed by atoms with E-state index in [4.69, 9.17) is 18.9 Å². The summed E-state index contributed by atoms with van der Waals surface area (Å²) in [7, 11) is 1.39. The third-order valence-corrected chi connectivity index (χ3v) is 6.41. The number of hydrogen-bond donors (Lipinski definition) is 1. The quantitative estimate of drug-likeness (QED) is 0.390. The molecule has 198 valence electrons. The molecule has 9 nitrogen and oxygen atoms in total. The first-order chi connectivity index (χ1) is 18.0. The number of alkyl halides is 2. The summed E-state index contributed by atoms with van der Waals surface area (Å²) in [6.45, 7) is 1.89. The number of amides is 1. The molecule has 1 saturated carbocycles. The minimum absolute atomic E-state index is 0.0471. The number of methoxy groups -OCH3 is 1. The monoisotopic (exact) mass is 516 g/mol. The van der Waals surface area contributed by atoms with Crippen LogP contribution in [0.4, 0.5) is 8.78 Å². The van der Waals surface area contributed by atoms with Gasteiger partial charge < -0.3 is 24.3 Å². The SMILES string of the molecule is COc1cc(-c2cnc3cc(OCCCN4CCOCC4)ccn23)cc(OC(F)F)c1C(=O)NC1CC1. The van der Waals surface area contributed by atoms with E-state index in [2.05, 4.69) is 15.2 Å². The van der Waals surface area contributed by atoms with Crippen molar-refractivity contribution in [2.75, 3.05) is 46.6 Å². The maximum Gasteiger partial charge on any atom is 0.387 e. The van der Waals surface area contributed by atoms with Crippen LogP contribution >= 0.6 is 0 Å². The van der Waals surface area contributed by atoms with Gasteiger partial charge in [-0.2, -0.15) is 8.78 Å². The van der Waals surface area contributed by atoms with Crippen molar-refractivity contribution in [1.29, 1.82) is 0 Å². The molecule has 2 aliphatic rings. The van der Waals surface area contributed by atoms with Gasteiger partial charge >= 0.3 is 6.61 Å². The molecule has 1 amide bonds. The minimum Gasteiger partial charge on any atom is -0.496 e. The van der Waals surface area contributed by atoms with Gasteiger partial charge in [-0.1, -0.05) is 0 Å². The van der Waals surface area contributed by atoms with Crippen LogP contribution in [0.3, 0.4) is 0 Å². The first-order valence-corrected chi connectivity index (χ1v) is 12.4. The molecule has 0 unspecified atom stereocenters. The summed E-state index contributed by atoms with van der Waals surface area (Å²) in [5.41, 5.74) is 1.72. The first kappa shape index (κ1) is 25.2. The zero-order valence-electron chi connectivity index (χ0n) is 20.6. The second-order valence-corrected chi connectivity index (χ2v) is 9.07. The van der Waals surface area contributed by atoms with Crippen LogP contribution in [0.2, 0.25) is 0 Å². The summed E-state index contributed by atoms with van der Waals surface area (Å²) in [5.74, 6) is 0.0762. The number of carbonyl (C=O) groups is 1. The number of halogens is 2. The molecule has 1 aliphatic heterocycles. The molecule has 2 aromatic heterocycles. The van der Waals surface area contributed by atoms with Crippen LogP contribution in [0.15, 0.2) is 36.7 Å². The van der Waals surface area contributed by atoms with Gasteiger partial charge in [-0.3, -0.25) is 14.1 Å². The molecule has 5 rings (SSSR count). The molecule has 37 heavy (non-hydrogen) atoms. The van der Waals surface area contributed by atoms with Crippen molar-refractivity contribution in [3.63, 3.8) is 0 Å². The molecule has 0 atom stereocenters. The number of pyridine rings is 1. The van der Waals surface area contributed by atoms with Gasteiger partial charge in [-0.15, -0.1) is 0 Å². The smallest absolute Gasteiger partial charge is 0.387 e. The maximum absolute atomic E-state index is 13.2. The van der Waals surface area contributed by atoms with Crippen molar-refractivity contribution < 1.29 is 32.5 Å². The Bertz CT molecular complexity index is 1240. The zero-order chi connectivity index (χ0) is 25.8. The second-order valence-electron chi connectivity index (χ2n) is 9.07. The Hall–Kier alpha value is -3.44. The van der Waals surface area contributed by atoms with Crippen molar-refractivity contribution in [2.45, 2.75) is 31.9 Å². The molecular weight excluding hydrogens is 486 g/mol. The van der Waals surface area contributed by atoms with Gasteiger partial charge in [0.15, 0.2) is 0 Å². The highest BCUT2D eigenvalue weighted by Crippen LogP contribution is 2.37. The summed E-state index contributed by atoms with van der Waals surface area (Å²) in [6.07, 6.45) is 6.06. The molecule has 1 saturated heterocycles. The highest BCUT2D eigenvalue weighted by atomic mass is 19.3. The lowest BCUT2D eigenvalue weighted by Crippen LogP contribution is -2.37. The molecular formula is C26H30F2N4O5. The molecule has 1 N–H and O–H groups in total. The molecule has 2 fully saturated rings. The Balaban J connectivity index is 1.34. The number of nitrogens with one attached hydrogen (secondary N) is 1. The lowest BCUT2D eigenvalue weighted by molar-refractivity contribution is -0.0502. The summed E-state index contributed by atoms with van der Waals surface area (Å²) in [5, 5.41) is 2.80. The number of ether oxygens (including phenoxy) is 4. The number of nitrogens with zero attached hydrogens (tertiary/aromatic N) is 3. The zero-order valence-corrected chi connectivity index (χ0v) is 20.6. The van der Waals surface area contributed by atoms with Crippen molar-refractivity contribution in [3.8, 4) is 28.5 Å². The van der Waals surface area contributed by atoms with E-state index in [1.807, 2.05) is 22.7 Å². The highest BCUT2D eigenvalue weighted by molar-refractivity contribution is 6.01. The Labute approximate surface area is 213 Å². The van der Waals surface area contributed by atoms with Crippen molar-refractivity contribution in [2.24, 2.45) is 0 Å². The third kappa shape index (κ3) is 6.11. The van der Waals surface area contributed by atoms with Gasteiger partial charge in [0.05, 0.1) is 38.8 Å². The van der Waals surface area contributed by atoms with Crippen LogP contribution in [-0.2, 0) is 4.74 Å². The van der Waals surface area contributed by atoms with Gasteiger partial charge in [0, 0.05) is 43.5 Å². The summed E-state index contributed by atoms with van der Waals surface area (Å²) >= 11 is 0. The number of benzene rings is 1. The average molecular weight is 517 g/mol. The summed E-state index contributed by atoms with van der Waals surface area (Å²) in [6, 6.07) is 6.74. The topological polar surface area (TPSA) is 86.6 Å². The van der Waals surface area contributed by atoms with Crippen LogP contribution in [0.1, 0.15) is 29.6 Å². The van der Waals surface area contributed by atoms with Crippen LogP contribution in [0.25, 0.3) is 16.9 Å². The summed E-state index contributed by atoms with van der Waals surface area (Å²) < 4.78 is 49.8. The molecule has 1 aliphatic carbocycles. The molecule has 0 bridgehead atoms. The molecule has 3 aromatic rings. The van der Waals surface area contributed by atoms with Gasteiger partial charge in [0.25, 0.3) is 5.91 Å². The summed E-state index contributed by atoms with van der Waals surface area (Å²) in [4.78, 5) is 19.6. The van der Waals surface area contributed by atoms with Gasteiger partial charge in [0.1, 0.15) is 28.5 Å². The first-order valence-electron chi connectivity index (χ1n) is 12.4. The Morgan fingerprint density at radius 2 is 2.00 bits per heavy atom. The minimum atomic E-state index is -3.10. The predicted octanol–water partition coefficient (Wildman–Crippen LogP) is 3.60. The van der Waals surface area contributed by atoms with Crippen LogP contribution < -0.4 is 19.5 Å². The number of rotatable bonds is 11. The van der Waals surface area contributed by atoms with Gasteiger partial charge in [-0.25, -0.2) is 4.98 Å². The molecule has 3 heterocycles. The lowest BCUT2D eigenvalue weighted by atomic mass is 10.1. The van der Waals surface area contributed by atoms with E-state index in [1.54, 1.807) is 12.3 Å². The van der Waals surface area contributed by atoms with Crippen LogP contribution in [-0.4, -0.2) is 79.4 Å². The fourth-order valence-electron chi connectivity index (χ4n) is 4.36. The molecule has 1 aromatic carbocycles. The second kappa shape index (κ2) is 11.3. The van der Waals surface area contributed by atoms with Crippen LogP contribution in [0, 0.1) is 0 Å². The predicted molar refractivity (Wildman–Crippen MR) is 132 cm³/mol. The fourth-order valence-corrected chi connectivity index (χ4v) is 4.36. The number of fused-ring (bicyclic) bond motifs is 1. The Morgan fingerprint density at radius 1 is 1.22 bits per heavy atom. The normalized spacial score (nSPS) is 16.2. The van der Waals surface area contributed by atoms with E-state index in [9.17, 15) is 13.6 Å². The van der Waals surface area contributed by atoms with E-state index < -0.39 is 12.5 Å². The van der Waals surface area contributed by atoms with E-state index >= 15 is 0 Å². The van der Waals surface area contributed by atoms with E-state index in [1.165, 1.54) is 13.2 Å². The number of hydrogen-bond acceptors (Lipinski definition) is 7. The number of carbonyl (C=O) groups excluding carboxylic acids is 1. The van der Waals surface area contributed by atoms with Gasteiger partial charge in [0.2, 0.25) is 0 Å². The standard InChI is InChI=1S/C26H30F2N4O5/c1-34-21-13-17(14-22(37-26(27)28)24(21)25(33)30-18-3-4-18)20-16-29-23-15-19(5-7-32(20)23)36-10-2-6-31-8-11-35-12-9-31/h5,7,13-16,18,26H,2-4,6,8-12H2,1H3,(H,30,33). The van der Waals surface area contributed by atoms with E-state index in [-0.39, 0.29) is 23.1 Å². The van der Waals surface area contributed by atoms with E-state index in [0.717, 1.165) is 52.1 Å². The number of aromatic nitrogens is 2. The number of imidazole rings is 1. The van der Waals surface area contributed by atoms with Crippen molar-refractivity contribution in [3.05, 3.63) is 42.2 Å². The van der Waals surface area contributed by atoms with Gasteiger partial charge in [-0.05, 0) is 37.5 Å². The van der Waals surface area contributed by atoms with Crippen molar-refractivity contribution in [1.82, 2.24) is 19.6 Å². The molecule has 0 radical (unpaired) electrons. The van der Waals surface area contributed by atoms with E-state index in [0.29, 0.717) is 29.3 Å². The lowest BCUT2D eigenvalue weighted by Gasteiger charge is -2.26. The largest absolute Gasteiger partial charge is 0.496 e. The van der Waals surface area contributed by atoms with Crippen LogP contribution in [0.5, 0.6) is 17.2 Å². The Morgan fingerprint density at radius 3 is 2.73 bits per heavy atom. The highest BCUT2D eigenvalue weighted by Gasteiger charge is 2.29. The average Bonchev–Trinajstić information content (AvgIpc) is 3.61. The molecule has 11 heteroatoms. The third-order valence-electron chi connectivity index (χ3n) is 6.41. The number of morpholine rings is 1. The maximum atomic E-state index is 13.2.